The van der Waals surface area contributed by atoms with E-state index in [9.17, 15) is 0 Å². The molecule has 16 heavy (non-hydrogen) atoms. The van der Waals surface area contributed by atoms with Gasteiger partial charge in [0.2, 0.25) is 0 Å². The molecular weight excluding hydrogens is 202 g/mol. The summed E-state index contributed by atoms with van der Waals surface area (Å²) in [4.78, 5) is 5.16. The zero-order valence-corrected chi connectivity index (χ0v) is 10.6. The highest BCUT2D eigenvalue weighted by atomic mass is 16.5. The van der Waals surface area contributed by atoms with Crippen LogP contribution in [0.4, 0.5) is 0 Å². The second-order valence-electron chi connectivity index (χ2n) is 4.90. The molecule has 2 saturated heterocycles. The first-order chi connectivity index (χ1) is 7.81. The summed E-state index contributed by atoms with van der Waals surface area (Å²) < 4.78 is 5.47. The lowest BCUT2D eigenvalue weighted by Crippen LogP contribution is -2.64. The molecule has 4 nitrogen and oxygen atoms in total. The summed E-state index contributed by atoms with van der Waals surface area (Å²) in [5.74, 6) is 0. The fourth-order valence-corrected chi connectivity index (χ4v) is 2.52. The Morgan fingerprint density at radius 3 is 2.62 bits per heavy atom. The monoisotopic (exact) mass is 227 g/mol. The lowest BCUT2D eigenvalue weighted by molar-refractivity contribution is -0.0219. The molecule has 2 aliphatic heterocycles. The maximum Gasteiger partial charge on any atom is 0.0619 e. The van der Waals surface area contributed by atoms with E-state index >= 15 is 0 Å². The van der Waals surface area contributed by atoms with Gasteiger partial charge < -0.3 is 10.1 Å². The number of likely N-dealkylation sites (tertiary alicyclic amines) is 1. The van der Waals surface area contributed by atoms with Crippen molar-refractivity contribution in [1.82, 2.24) is 15.1 Å². The van der Waals surface area contributed by atoms with Crippen LogP contribution in [0, 0.1) is 0 Å². The Morgan fingerprint density at radius 1 is 1.31 bits per heavy atom. The fraction of sp³-hybridized carbons (Fsp3) is 1.00. The number of rotatable bonds is 5. The Morgan fingerprint density at radius 2 is 2.00 bits per heavy atom. The Hall–Kier alpha value is -0.160. The average Bonchev–Trinajstić information content (AvgIpc) is 2.26. The fourth-order valence-electron chi connectivity index (χ4n) is 2.52. The third-order valence-corrected chi connectivity index (χ3v) is 3.75. The number of piperazine rings is 1. The number of hydrogen-bond donors (Lipinski definition) is 1. The van der Waals surface area contributed by atoms with Gasteiger partial charge in [-0.2, -0.15) is 0 Å². The predicted molar refractivity (Wildman–Crippen MR) is 65.8 cm³/mol. The minimum atomic E-state index is 0.583. The number of ether oxygens (including phenoxy) is 1. The lowest BCUT2D eigenvalue weighted by Gasteiger charge is -2.49. The average molecular weight is 227 g/mol. The Balaban J connectivity index is 1.64. The first-order valence-electron chi connectivity index (χ1n) is 6.57. The molecule has 2 rings (SSSR count). The maximum atomic E-state index is 5.47. The van der Waals surface area contributed by atoms with Gasteiger partial charge in [0.25, 0.3) is 0 Å². The predicted octanol–water partition coefficient (Wildman–Crippen LogP) is 0.000800. The van der Waals surface area contributed by atoms with Crippen molar-refractivity contribution >= 4 is 0 Å². The number of hydrogen-bond acceptors (Lipinski definition) is 4. The number of nitrogens with zero attached hydrogens (tertiary/aromatic N) is 2. The van der Waals surface area contributed by atoms with Crippen LogP contribution in [0.25, 0.3) is 0 Å². The van der Waals surface area contributed by atoms with Crippen molar-refractivity contribution in [3.05, 3.63) is 0 Å². The smallest absolute Gasteiger partial charge is 0.0619 e. The lowest BCUT2D eigenvalue weighted by atomic mass is 10.0. The first-order valence-corrected chi connectivity index (χ1v) is 6.57. The van der Waals surface area contributed by atoms with Crippen molar-refractivity contribution in [3.8, 4) is 0 Å². The SMILES string of the molecule is CCOCC(C)N1CC(N2CCNCC2)C1. The highest BCUT2D eigenvalue weighted by Crippen LogP contribution is 2.18. The summed E-state index contributed by atoms with van der Waals surface area (Å²) >= 11 is 0. The zero-order chi connectivity index (χ0) is 11.4. The Kier molecular flexibility index (Phi) is 4.58. The molecule has 1 unspecified atom stereocenters. The molecule has 0 aliphatic carbocycles. The van der Waals surface area contributed by atoms with E-state index in [-0.39, 0.29) is 0 Å². The van der Waals surface area contributed by atoms with Crippen LogP contribution in [-0.2, 0) is 4.74 Å². The molecule has 0 radical (unpaired) electrons. The van der Waals surface area contributed by atoms with Gasteiger partial charge in [-0.1, -0.05) is 0 Å². The molecule has 1 N–H and O–H groups in total. The van der Waals surface area contributed by atoms with Crippen LogP contribution in [0.15, 0.2) is 0 Å². The second-order valence-corrected chi connectivity index (χ2v) is 4.90. The molecule has 0 amide bonds. The third-order valence-electron chi connectivity index (χ3n) is 3.75. The molecule has 0 bridgehead atoms. The minimum absolute atomic E-state index is 0.583. The van der Waals surface area contributed by atoms with E-state index in [1.807, 2.05) is 0 Å². The van der Waals surface area contributed by atoms with Gasteiger partial charge in [-0.05, 0) is 13.8 Å². The first kappa shape index (κ1) is 12.3. The van der Waals surface area contributed by atoms with E-state index in [2.05, 4.69) is 29.0 Å². The maximum absolute atomic E-state index is 5.47. The van der Waals surface area contributed by atoms with Crippen LogP contribution in [-0.4, -0.2) is 74.4 Å². The van der Waals surface area contributed by atoms with E-state index in [1.165, 1.54) is 26.2 Å². The van der Waals surface area contributed by atoms with Crippen LogP contribution >= 0.6 is 0 Å². The summed E-state index contributed by atoms with van der Waals surface area (Å²) in [5, 5.41) is 3.40. The highest BCUT2D eigenvalue weighted by Gasteiger charge is 2.34. The van der Waals surface area contributed by atoms with Crippen molar-refractivity contribution in [2.24, 2.45) is 0 Å². The standard InChI is InChI=1S/C12H25N3O/c1-3-16-10-11(2)15-8-12(9-15)14-6-4-13-5-7-14/h11-13H,3-10H2,1-2H3. The van der Waals surface area contributed by atoms with Crippen molar-refractivity contribution in [2.75, 3.05) is 52.5 Å². The molecule has 0 saturated carbocycles. The largest absolute Gasteiger partial charge is 0.380 e. The van der Waals surface area contributed by atoms with Crippen LogP contribution in [0.2, 0.25) is 0 Å². The highest BCUT2D eigenvalue weighted by molar-refractivity contribution is 4.91. The Bertz CT molecular complexity index is 200. The van der Waals surface area contributed by atoms with Gasteiger partial charge in [-0.25, -0.2) is 0 Å². The summed E-state index contributed by atoms with van der Waals surface area (Å²) in [6.45, 7) is 13.3. The molecule has 2 aliphatic rings. The van der Waals surface area contributed by atoms with Gasteiger partial charge in [-0.15, -0.1) is 0 Å². The van der Waals surface area contributed by atoms with E-state index in [0.717, 1.165) is 32.3 Å². The van der Waals surface area contributed by atoms with E-state index in [4.69, 9.17) is 4.74 Å². The topological polar surface area (TPSA) is 27.7 Å². The minimum Gasteiger partial charge on any atom is -0.380 e. The van der Waals surface area contributed by atoms with Crippen LogP contribution in [0.3, 0.4) is 0 Å². The molecule has 94 valence electrons. The molecule has 0 aromatic heterocycles. The molecule has 2 heterocycles. The zero-order valence-electron chi connectivity index (χ0n) is 10.6. The van der Waals surface area contributed by atoms with Gasteiger partial charge in [0, 0.05) is 58.0 Å². The number of nitrogens with one attached hydrogen (secondary N) is 1. The van der Waals surface area contributed by atoms with E-state index < -0.39 is 0 Å². The molecule has 4 heteroatoms. The molecule has 0 spiro atoms. The van der Waals surface area contributed by atoms with Crippen molar-refractivity contribution in [2.45, 2.75) is 25.9 Å². The van der Waals surface area contributed by atoms with Crippen molar-refractivity contribution < 1.29 is 4.74 Å². The van der Waals surface area contributed by atoms with Crippen molar-refractivity contribution in [3.63, 3.8) is 0 Å². The summed E-state index contributed by atoms with van der Waals surface area (Å²) in [5.41, 5.74) is 0. The molecule has 0 aromatic carbocycles. The second kappa shape index (κ2) is 5.96. The summed E-state index contributed by atoms with van der Waals surface area (Å²) in [6, 6.07) is 1.38. The van der Waals surface area contributed by atoms with Crippen LogP contribution < -0.4 is 5.32 Å². The van der Waals surface area contributed by atoms with Gasteiger partial charge >= 0.3 is 0 Å². The van der Waals surface area contributed by atoms with E-state index in [0.29, 0.717) is 6.04 Å². The third kappa shape index (κ3) is 2.94. The van der Waals surface area contributed by atoms with E-state index in [1.54, 1.807) is 0 Å². The summed E-state index contributed by atoms with van der Waals surface area (Å²) in [7, 11) is 0. The van der Waals surface area contributed by atoms with Crippen LogP contribution in [0.5, 0.6) is 0 Å². The molecule has 1 atom stereocenters. The molecule has 0 aromatic rings. The van der Waals surface area contributed by atoms with Crippen molar-refractivity contribution in [1.29, 1.82) is 0 Å². The van der Waals surface area contributed by atoms with Gasteiger partial charge in [0.15, 0.2) is 0 Å². The quantitative estimate of drug-likeness (QED) is 0.715. The van der Waals surface area contributed by atoms with Gasteiger partial charge in [-0.3, -0.25) is 9.80 Å². The molecule has 2 fully saturated rings. The molecular formula is C12H25N3O. The van der Waals surface area contributed by atoms with Gasteiger partial charge in [0.05, 0.1) is 6.61 Å². The van der Waals surface area contributed by atoms with Gasteiger partial charge in [0.1, 0.15) is 0 Å². The van der Waals surface area contributed by atoms with Crippen LogP contribution in [0.1, 0.15) is 13.8 Å². The normalized spacial score (nSPS) is 26.6. The summed E-state index contributed by atoms with van der Waals surface area (Å²) in [6.07, 6.45) is 0. The Labute approximate surface area is 98.9 Å².